The van der Waals surface area contributed by atoms with E-state index in [4.69, 9.17) is 11.5 Å². The van der Waals surface area contributed by atoms with Crippen LogP contribution in [0.3, 0.4) is 0 Å². The third kappa shape index (κ3) is 1.63. The fourth-order valence-electron chi connectivity index (χ4n) is 1.22. The number of aliphatic hydroxyl groups is 1. The Labute approximate surface area is 76.6 Å². The van der Waals surface area contributed by atoms with Crippen LogP contribution < -0.4 is 0 Å². The molecule has 70 valence electrons. The number of hydrazone groups is 1. The molecule has 5 heteroatoms. The van der Waals surface area contributed by atoms with Crippen LogP contribution in [-0.2, 0) is 4.79 Å². The van der Waals surface area contributed by atoms with E-state index in [1.165, 1.54) is 5.01 Å². The normalized spacial score (nSPS) is 21.3. The Kier molecular flexibility index (Phi) is 2.88. The summed E-state index contributed by atoms with van der Waals surface area (Å²) in [4.78, 5) is 12.3. The molecule has 0 aromatic heterocycles. The van der Waals surface area contributed by atoms with Gasteiger partial charge >= 0.3 is 0 Å². The van der Waals surface area contributed by atoms with Gasteiger partial charge in [-0.15, -0.1) is 6.42 Å². The van der Waals surface area contributed by atoms with Gasteiger partial charge in [0.05, 0.1) is 6.54 Å². The average molecular weight is 181 g/mol. The zero-order chi connectivity index (χ0) is 9.84. The van der Waals surface area contributed by atoms with E-state index < -0.39 is 6.17 Å². The van der Waals surface area contributed by atoms with Crippen LogP contribution in [0.4, 0.5) is 0 Å². The van der Waals surface area contributed by atoms with Gasteiger partial charge in [0, 0.05) is 0 Å². The molecule has 13 heavy (non-hydrogen) atoms. The summed E-state index contributed by atoms with van der Waals surface area (Å²) in [6.45, 7) is 1.76. The van der Waals surface area contributed by atoms with Crippen molar-refractivity contribution in [3.05, 3.63) is 0 Å². The Morgan fingerprint density at radius 1 is 1.85 bits per heavy atom. The van der Waals surface area contributed by atoms with Crippen molar-refractivity contribution in [2.75, 3.05) is 13.3 Å². The van der Waals surface area contributed by atoms with Gasteiger partial charge in [-0.05, 0) is 6.92 Å². The average Bonchev–Trinajstić information content (AvgIpc) is 2.44. The summed E-state index contributed by atoms with van der Waals surface area (Å²) in [6, 6.07) is 0. The van der Waals surface area contributed by atoms with Gasteiger partial charge in [-0.1, -0.05) is 5.92 Å². The molecule has 0 aromatic carbocycles. The van der Waals surface area contributed by atoms with Crippen molar-refractivity contribution in [2.45, 2.75) is 13.1 Å². The quantitative estimate of drug-likeness (QED) is 0.450. The first-order valence-electron chi connectivity index (χ1n) is 3.82. The van der Waals surface area contributed by atoms with Crippen molar-refractivity contribution in [1.29, 1.82) is 0 Å². The molecule has 1 unspecified atom stereocenters. The first-order chi connectivity index (χ1) is 6.24. The van der Waals surface area contributed by atoms with E-state index in [0.29, 0.717) is 18.7 Å². The molecular formula is C8H11N3O2. The number of nitrogens with zero attached hydrogens (tertiary/aromatic N) is 3. The number of aldehydes is 1. The fraction of sp³-hybridized carbons (Fsp3) is 0.500. The second-order valence-corrected chi connectivity index (χ2v) is 2.61. The third-order valence-corrected chi connectivity index (χ3v) is 1.84. The number of terminal acetylenes is 1. The van der Waals surface area contributed by atoms with Crippen LogP contribution in [0.2, 0.25) is 0 Å². The number of hydrogen-bond donors (Lipinski definition) is 1. The minimum atomic E-state index is -0.568. The van der Waals surface area contributed by atoms with Crippen molar-refractivity contribution < 1.29 is 9.90 Å². The van der Waals surface area contributed by atoms with Crippen LogP contribution in [0.15, 0.2) is 5.10 Å². The number of carbonyl (C=O) groups is 1. The molecule has 0 fully saturated rings. The maximum Gasteiger partial charge on any atom is 0.179 e. The Balaban J connectivity index is 2.79. The Bertz CT molecular complexity index is 269. The number of rotatable bonds is 3. The van der Waals surface area contributed by atoms with Gasteiger partial charge in [-0.3, -0.25) is 4.79 Å². The minimum Gasteiger partial charge on any atom is -0.375 e. The molecule has 0 saturated heterocycles. The topological polar surface area (TPSA) is 56.1 Å². The molecule has 0 saturated carbocycles. The molecule has 1 heterocycles. The van der Waals surface area contributed by atoms with Crippen LogP contribution >= 0.6 is 0 Å². The molecule has 5 nitrogen and oxygen atoms in total. The molecule has 1 N–H and O–H groups in total. The summed E-state index contributed by atoms with van der Waals surface area (Å²) < 4.78 is 0. The lowest BCUT2D eigenvalue weighted by molar-refractivity contribution is -0.117. The zero-order valence-electron chi connectivity index (χ0n) is 7.34. The highest BCUT2D eigenvalue weighted by Gasteiger charge is 2.30. The Morgan fingerprint density at radius 3 is 3.00 bits per heavy atom. The summed E-state index contributed by atoms with van der Waals surface area (Å²) in [5.41, 5.74) is 0. The molecule has 0 aliphatic carbocycles. The van der Waals surface area contributed by atoms with Crippen molar-refractivity contribution in [3.8, 4) is 12.3 Å². The largest absolute Gasteiger partial charge is 0.375 e. The van der Waals surface area contributed by atoms with Gasteiger partial charge in [0.25, 0.3) is 0 Å². The van der Waals surface area contributed by atoms with Crippen LogP contribution in [0, 0.1) is 12.3 Å². The van der Waals surface area contributed by atoms with E-state index in [1.54, 1.807) is 11.8 Å². The Hall–Kier alpha value is -1.54. The first kappa shape index (κ1) is 9.55. The van der Waals surface area contributed by atoms with Gasteiger partial charge in [0.1, 0.15) is 12.6 Å². The number of carbonyl (C=O) groups excluding carboxylic acids is 1. The van der Waals surface area contributed by atoms with Crippen LogP contribution in [0.25, 0.3) is 0 Å². The second kappa shape index (κ2) is 3.92. The molecule has 0 spiro atoms. The predicted molar refractivity (Wildman–Crippen MR) is 47.4 cm³/mol. The molecular weight excluding hydrogens is 170 g/mol. The molecule has 1 atom stereocenters. The van der Waals surface area contributed by atoms with Crippen LogP contribution in [-0.4, -0.2) is 46.6 Å². The molecule has 1 rings (SSSR count). The maximum atomic E-state index is 10.7. The highest BCUT2D eigenvalue weighted by molar-refractivity contribution is 5.84. The summed E-state index contributed by atoms with van der Waals surface area (Å²) >= 11 is 0. The van der Waals surface area contributed by atoms with Gasteiger partial charge < -0.3 is 10.0 Å². The molecule has 1 aliphatic heterocycles. The van der Waals surface area contributed by atoms with E-state index >= 15 is 0 Å². The van der Waals surface area contributed by atoms with E-state index in [-0.39, 0.29) is 6.73 Å². The van der Waals surface area contributed by atoms with Crippen LogP contribution in [0.5, 0.6) is 0 Å². The lowest BCUT2D eigenvalue weighted by Gasteiger charge is -2.23. The number of hydrogen-bond acceptors (Lipinski definition) is 5. The summed E-state index contributed by atoms with van der Waals surface area (Å²) in [7, 11) is 0. The molecule has 0 aromatic rings. The third-order valence-electron chi connectivity index (χ3n) is 1.84. The number of aliphatic hydroxyl groups excluding tert-OH is 1. The van der Waals surface area contributed by atoms with Crippen LogP contribution in [0.1, 0.15) is 6.92 Å². The lowest BCUT2D eigenvalue weighted by atomic mass is 10.4. The first-order valence-corrected chi connectivity index (χ1v) is 3.82. The van der Waals surface area contributed by atoms with Gasteiger partial charge in [-0.2, -0.15) is 5.10 Å². The zero-order valence-corrected chi connectivity index (χ0v) is 7.34. The molecule has 0 bridgehead atoms. The summed E-state index contributed by atoms with van der Waals surface area (Å²) in [5, 5.41) is 14.1. The smallest absolute Gasteiger partial charge is 0.179 e. The molecule has 0 amide bonds. The predicted octanol–water partition coefficient (Wildman–Crippen LogP) is -0.955. The molecule has 1 aliphatic rings. The summed E-state index contributed by atoms with van der Waals surface area (Å²) in [6.07, 6.45) is 5.26. The monoisotopic (exact) mass is 181 g/mol. The van der Waals surface area contributed by atoms with E-state index in [2.05, 4.69) is 11.0 Å². The Morgan fingerprint density at radius 2 is 2.54 bits per heavy atom. The summed E-state index contributed by atoms with van der Waals surface area (Å²) in [5.74, 6) is 3.07. The van der Waals surface area contributed by atoms with Gasteiger partial charge in [-0.25, -0.2) is 5.01 Å². The lowest BCUT2D eigenvalue weighted by Crippen LogP contribution is -2.43. The van der Waals surface area contributed by atoms with E-state index in [1.807, 2.05) is 0 Å². The van der Waals surface area contributed by atoms with Crippen molar-refractivity contribution in [1.82, 2.24) is 9.91 Å². The van der Waals surface area contributed by atoms with E-state index in [9.17, 15) is 4.79 Å². The maximum absolute atomic E-state index is 10.7. The van der Waals surface area contributed by atoms with Crippen molar-refractivity contribution in [2.24, 2.45) is 5.10 Å². The van der Waals surface area contributed by atoms with Gasteiger partial charge in [0.15, 0.2) is 12.5 Å². The van der Waals surface area contributed by atoms with E-state index in [0.717, 1.165) is 0 Å². The van der Waals surface area contributed by atoms with Gasteiger partial charge in [0.2, 0.25) is 0 Å². The van der Waals surface area contributed by atoms with Crippen molar-refractivity contribution >= 4 is 12.1 Å². The number of amidine groups is 1. The highest BCUT2D eigenvalue weighted by atomic mass is 16.3. The molecule has 0 radical (unpaired) electrons. The highest BCUT2D eigenvalue weighted by Crippen LogP contribution is 2.13. The SMILES string of the molecule is C#CCN1C(C)=NN(CO)C1C=O. The minimum absolute atomic E-state index is 0.290. The second-order valence-electron chi connectivity index (χ2n) is 2.61. The standard InChI is InChI=1S/C8H11N3O2/c1-3-4-10-7(2)9-11(6-13)8(10)5-12/h1,5,8,13H,4,6H2,2H3. The van der Waals surface area contributed by atoms with Crippen molar-refractivity contribution in [3.63, 3.8) is 0 Å². The fourth-order valence-corrected chi connectivity index (χ4v) is 1.22.